The van der Waals surface area contributed by atoms with Crippen molar-refractivity contribution in [3.8, 4) is 17.2 Å². The number of amides is 2. The molecule has 2 N–H and O–H groups in total. The van der Waals surface area contributed by atoms with Gasteiger partial charge in [-0.05, 0) is 30.3 Å². The van der Waals surface area contributed by atoms with Crippen LogP contribution in [0, 0.1) is 10.1 Å². The maximum absolute atomic E-state index is 12.3. The first-order valence-electron chi connectivity index (χ1n) is 8.82. The van der Waals surface area contributed by atoms with Gasteiger partial charge in [0, 0.05) is 23.9 Å². The molecule has 0 fully saturated rings. The molecule has 2 aromatic carbocycles. The topological polar surface area (TPSA) is 138 Å². The Morgan fingerprint density at radius 3 is 2.57 bits per heavy atom. The highest BCUT2D eigenvalue weighted by Gasteiger charge is 2.17. The van der Waals surface area contributed by atoms with Crippen molar-refractivity contribution in [1.29, 1.82) is 0 Å². The number of non-ortho nitro benzene ring substituents is 1. The Kier molecular flexibility index (Phi) is 4.99. The highest BCUT2D eigenvalue weighted by molar-refractivity contribution is 5.98. The number of rotatable bonds is 4. The Bertz CT molecular complexity index is 1140. The van der Waals surface area contributed by atoms with Gasteiger partial charge in [-0.2, -0.15) is 5.10 Å². The standard InChI is InChI=1S/C19H15N5O6/c25-18(12-4-5-16-17(10-12)30-9-8-29-16)20-21-19(26)15-6-7-23(22-15)13-2-1-3-14(11-13)24(27)28/h1-7,10-11H,8-9H2,(H,20,25)(H,21,26). The summed E-state index contributed by atoms with van der Waals surface area (Å²) in [6, 6.07) is 11.9. The fourth-order valence-corrected chi connectivity index (χ4v) is 2.77. The molecule has 1 aromatic heterocycles. The monoisotopic (exact) mass is 409 g/mol. The van der Waals surface area contributed by atoms with E-state index in [2.05, 4.69) is 16.0 Å². The average Bonchev–Trinajstić information content (AvgIpc) is 3.27. The van der Waals surface area contributed by atoms with Gasteiger partial charge in [0.15, 0.2) is 17.2 Å². The van der Waals surface area contributed by atoms with Crippen LogP contribution in [0.2, 0.25) is 0 Å². The first kappa shape index (κ1) is 18.9. The van der Waals surface area contributed by atoms with E-state index in [1.54, 1.807) is 18.2 Å². The number of carbonyl (C=O) groups is 2. The van der Waals surface area contributed by atoms with E-state index >= 15 is 0 Å². The van der Waals surface area contributed by atoms with E-state index in [-0.39, 0.29) is 16.9 Å². The molecule has 4 rings (SSSR count). The van der Waals surface area contributed by atoms with Crippen molar-refractivity contribution in [2.24, 2.45) is 0 Å². The molecule has 0 bridgehead atoms. The molecule has 0 unspecified atom stereocenters. The highest BCUT2D eigenvalue weighted by Crippen LogP contribution is 2.30. The molecule has 152 valence electrons. The van der Waals surface area contributed by atoms with Crippen LogP contribution in [0.3, 0.4) is 0 Å². The summed E-state index contributed by atoms with van der Waals surface area (Å²) in [4.78, 5) is 34.9. The number of carbonyl (C=O) groups excluding carboxylic acids is 2. The van der Waals surface area contributed by atoms with Gasteiger partial charge < -0.3 is 9.47 Å². The maximum Gasteiger partial charge on any atom is 0.290 e. The van der Waals surface area contributed by atoms with Crippen molar-refractivity contribution in [1.82, 2.24) is 20.6 Å². The number of ether oxygens (including phenoxy) is 2. The van der Waals surface area contributed by atoms with E-state index in [9.17, 15) is 19.7 Å². The Labute approximate surface area is 169 Å². The van der Waals surface area contributed by atoms with E-state index < -0.39 is 16.7 Å². The summed E-state index contributed by atoms with van der Waals surface area (Å²) in [7, 11) is 0. The van der Waals surface area contributed by atoms with Crippen LogP contribution in [0.15, 0.2) is 54.7 Å². The van der Waals surface area contributed by atoms with E-state index in [1.165, 1.54) is 41.2 Å². The van der Waals surface area contributed by atoms with E-state index in [1.807, 2.05) is 0 Å². The van der Waals surface area contributed by atoms with Crippen LogP contribution >= 0.6 is 0 Å². The summed E-state index contributed by atoms with van der Waals surface area (Å²) < 4.78 is 12.2. The van der Waals surface area contributed by atoms with Gasteiger partial charge in [-0.25, -0.2) is 4.68 Å². The molecule has 0 aliphatic carbocycles. The molecule has 0 saturated carbocycles. The third-order valence-electron chi connectivity index (χ3n) is 4.22. The lowest BCUT2D eigenvalue weighted by Gasteiger charge is -2.18. The fourth-order valence-electron chi connectivity index (χ4n) is 2.77. The predicted molar refractivity (Wildman–Crippen MR) is 103 cm³/mol. The number of hydrogen-bond donors (Lipinski definition) is 2. The SMILES string of the molecule is O=C(NNC(=O)c1ccn(-c2cccc([N+](=O)[O-])c2)n1)c1ccc2c(c1)OCCO2. The van der Waals surface area contributed by atoms with Gasteiger partial charge in [0.2, 0.25) is 0 Å². The molecule has 11 nitrogen and oxygen atoms in total. The second kappa shape index (κ2) is 7.91. The second-order valence-electron chi connectivity index (χ2n) is 6.19. The molecule has 3 aromatic rings. The third-order valence-corrected chi connectivity index (χ3v) is 4.22. The van der Waals surface area contributed by atoms with Crippen molar-refractivity contribution < 1.29 is 24.0 Å². The Morgan fingerprint density at radius 2 is 1.77 bits per heavy atom. The fraction of sp³-hybridized carbons (Fsp3) is 0.105. The van der Waals surface area contributed by atoms with Crippen LogP contribution in [0.1, 0.15) is 20.8 Å². The van der Waals surface area contributed by atoms with Gasteiger partial charge in [-0.15, -0.1) is 0 Å². The number of hydrogen-bond acceptors (Lipinski definition) is 7. The highest BCUT2D eigenvalue weighted by atomic mass is 16.6. The minimum atomic E-state index is -0.648. The number of nitro benzene ring substituents is 1. The minimum absolute atomic E-state index is 0.0176. The molecule has 2 amide bonds. The number of aromatic nitrogens is 2. The summed E-state index contributed by atoms with van der Waals surface area (Å²) in [5, 5.41) is 15.0. The Morgan fingerprint density at radius 1 is 1.00 bits per heavy atom. The molecular formula is C19H15N5O6. The van der Waals surface area contributed by atoms with Crippen LogP contribution < -0.4 is 20.3 Å². The molecule has 1 aliphatic heterocycles. The quantitative estimate of drug-likeness (QED) is 0.493. The minimum Gasteiger partial charge on any atom is -0.486 e. The first-order chi connectivity index (χ1) is 14.5. The van der Waals surface area contributed by atoms with Crippen LogP contribution in [-0.4, -0.2) is 39.7 Å². The van der Waals surface area contributed by atoms with E-state index in [0.717, 1.165) is 0 Å². The molecule has 0 atom stereocenters. The molecule has 11 heteroatoms. The largest absolute Gasteiger partial charge is 0.486 e. The number of nitro groups is 1. The lowest BCUT2D eigenvalue weighted by atomic mass is 10.2. The van der Waals surface area contributed by atoms with E-state index in [0.29, 0.717) is 30.4 Å². The van der Waals surface area contributed by atoms with Crippen molar-refractivity contribution in [2.45, 2.75) is 0 Å². The van der Waals surface area contributed by atoms with Crippen LogP contribution in [-0.2, 0) is 0 Å². The molecular weight excluding hydrogens is 394 g/mol. The lowest BCUT2D eigenvalue weighted by Crippen LogP contribution is -2.41. The lowest BCUT2D eigenvalue weighted by molar-refractivity contribution is -0.384. The van der Waals surface area contributed by atoms with Gasteiger partial charge in [0.05, 0.1) is 10.6 Å². The van der Waals surface area contributed by atoms with Crippen LogP contribution in [0.25, 0.3) is 5.69 Å². The Balaban J connectivity index is 1.41. The Hall–Kier alpha value is -4.41. The molecule has 0 spiro atoms. The summed E-state index contributed by atoms with van der Waals surface area (Å²) in [6.45, 7) is 0.833. The normalized spacial score (nSPS) is 12.1. The van der Waals surface area contributed by atoms with E-state index in [4.69, 9.17) is 9.47 Å². The summed E-state index contributed by atoms with van der Waals surface area (Å²) in [5.41, 5.74) is 5.20. The number of hydrazine groups is 1. The number of fused-ring (bicyclic) bond motifs is 1. The maximum atomic E-state index is 12.3. The second-order valence-corrected chi connectivity index (χ2v) is 6.19. The van der Waals surface area contributed by atoms with Crippen molar-refractivity contribution in [3.63, 3.8) is 0 Å². The molecule has 0 saturated heterocycles. The van der Waals surface area contributed by atoms with Crippen LogP contribution in [0.5, 0.6) is 11.5 Å². The number of nitrogens with one attached hydrogen (secondary N) is 2. The van der Waals surface area contributed by atoms with Crippen molar-refractivity contribution in [3.05, 3.63) is 76.1 Å². The molecule has 2 heterocycles. The average molecular weight is 409 g/mol. The summed E-state index contributed by atoms with van der Waals surface area (Å²) in [5.74, 6) is -0.187. The van der Waals surface area contributed by atoms with Crippen LogP contribution in [0.4, 0.5) is 5.69 Å². The summed E-state index contributed by atoms with van der Waals surface area (Å²) >= 11 is 0. The van der Waals surface area contributed by atoms with Gasteiger partial charge in [0.1, 0.15) is 13.2 Å². The first-order valence-corrected chi connectivity index (χ1v) is 8.82. The zero-order valence-electron chi connectivity index (χ0n) is 15.4. The van der Waals surface area contributed by atoms with Gasteiger partial charge in [0.25, 0.3) is 17.5 Å². The smallest absolute Gasteiger partial charge is 0.290 e. The molecule has 0 radical (unpaired) electrons. The predicted octanol–water partition coefficient (Wildman–Crippen LogP) is 1.63. The van der Waals surface area contributed by atoms with Gasteiger partial charge >= 0.3 is 0 Å². The zero-order valence-corrected chi connectivity index (χ0v) is 15.4. The van der Waals surface area contributed by atoms with Gasteiger partial charge in [-0.3, -0.25) is 30.6 Å². The number of nitrogens with zero attached hydrogens (tertiary/aromatic N) is 3. The van der Waals surface area contributed by atoms with Gasteiger partial charge in [-0.1, -0.05) is 6.07 Å². The van der Waals surface area contributed by atoms with Crippen molar-refractivity contribution >= 4 is 17.5 Å². The molecule has 1 aliphatic rings. The molecule has 30 heavy (non-hydrogen) atoms. The number of benzene rings is 2. The van der Waals surface area contributed by atoms with Crippen molar-refractivity contribution in [2.75, 3.05) is 13.2 Å². The summed E-state index contributed by atoms with van der Waals surface area (Å²) in [6.07, 6.45) is 1.48. The third kappa shape index (κ3) is 3.90. The zero-order chi connectivity index (χ0) is 21.1.